The fourth-order valence-electron chi connectivity index (χ4n) is 1.81. The van der Waals surface area contributed by atoms with Crippen LogP contribution in [0.4, 0.5) is 11.4 Å². The first-order valence-corrected chi connectivity index (χ1v) is 8.27. The molecule has 6 heteroatoms. The molecule has 0 saturated heterocycles. The predicted octanol–water partition coefficient (Wildman–Crippen LogP) is 3.60. The van der Waals surface area contributed by atoms with Crippen LogP contribution in [-0.2, 0) is 10.0 Å². The average Bonchev–Trinajstić information content (AvgIpc) is 2.42. The Balaban J connectivity index is 2.43. The highest BCUT2D eigenvalue weighted by atomic mass is 79.9. The second kappa shape index (κ2) is 5.85. The van der Waals surface area contributed by atoms with Crippen LogP contribution in [0.1, 0.15) is 5.56 Å². The topological polar surface area (TPSA) is 58.2 Å². The molecule has 0 atom stereocenters. The van der Waals surface area contributed by atoms with Crippen molar-refractivity contribution in [1.29, 1.82) is 0 Å². The van der Waals surface area contributed by atoms with Crippen molar-refractivity contribution in [2.24, 2.45) is 0 Å². The van der Waals surface area contributed by atoms with Crippen molar-refractivity contribution in [2.45, 2.75) is 11.8 Å². The first-order chi connectivity index (χ1) is 9.44. The lowest BCUT2D eigenvalue weighted by Crippen LogP contribution is -2.15. The number of hydrogen-bond donors (Lipinski definition) is 2. The molecule has 0 bridgehead atoms. The van der Waals surface area contributed by atoms with E-state index >= 15 is 0 Å². The molecule has 2 rings (SSSR count). The summed E-state index contributed by atoms with van der Waals surface area (Å²) in [5.41, 5.74) is 1.98. The van der Waals surface area contributed by atoms with E-state index in [1.165, 1.54) is 0 Å². The van der Waals surface area contributed by atoms with Gasteiger partial charge in [0.1, 0.15) is 4.90 Å². The summed E-state index contributed by atoms with van der Waals surface area (Å²) in [6.45, 7) is 1.86. The predicted molar refractivity (Wildman–Crippen MR) is 85.7 cm³/mol. The summed E-state index contributed by atoms with van der Waals surface area (Å²) in [6, 6.07) is 12.2. The van der Waals surface area contributed by atoms with Gasteiger partial charge in [-0.2, -0.15) is 0 Å². The molecule has 0 unspecified atom stereocenters. The molecule has 0 radical (unpaired) electrons. The van der Waals surface area contributed by atoms with Crippen LogP contribution < -0.4 is 10.0 Å². The summed E-state index contributed by atoms with van der Waals surface area (Å²) in [5, 5.41) is 2.89. The van der Waals surface area contributed by atoms with Crippen molar-refractivity contribution in [2.75, 3.05) is 17.1 Å². The first kappa shape index (κ1) is 14.9. The summed E-state index contributed by atoms with van der Waals surface area (Å²) >= 11 is 3.34. The highest BCUT2D eigenvalue weighted by Gasteiger charge is 2.18. The van der Waals surface area contributed by atoms with Crippen LogP contribution in [-0.4, -0.2) is 15.5 Å². The molecule has 0 amide bonds. The number of rotatable bonds is 4. The molecule has 0 fully saturated rings. The SMILES string of the molecule is CNc1ccccc1S(=O)(=O)Nc1cc(Br)ccc1C. The molecular weight excluding hydrogens is 340 g/mol. The average molecular weight is 355 g/mol. The van der Waals surface area contributed by atoms with Gasteiger partial charge in [-0.25, -0.2) is 8.42 Å². The Bertz CT molecular complexity index is 730. The third kappa shape index (κ3) is 3.13. The molecule has 106 valence electrons. The van der Waals surface area contributed by atoms with Crippen LogP contribution in [0.25, 0.3) is 0 Å². The lowest BCUT2D eigenvalue weighted by atomic mass is 10.2. The fourth-order valence-corrected chi connectivity index (χ4v) is 3.51. The third-order valence-corrected chi connectivity index (χ3v) is 4.81. The minimum Gasteiger partial charge on any atom is -0.387 e. The standard InChI is InChI=1S/C14H15BrN2O2S/c1-10-7-8-11(15)9-13(10)17-20(18,19)14-6-4-3-5-12(14)16-2/h3-9,16-17H,1-2H3. The lowest BCUT2D eigenvalue weighted by molar-refractivity contribution is 0.601. The van der Waals surface area contributed by atoms with Gasteiger partial charge in [-0.3, -0.25) is 4.72 Å². The molecular formula is C14H15BrN2O2S. The van der Waals surface area contributed by atoms with E-state index in [2.05, 4.69) is 26.0 Å². The van der Waals surface area contributed by atoms with Gasteiger partial charge in [0, 0.05) is 11.5 Å². The quantitative estimate of drug-likeness (QED) is 0.881. The van der Waals surface area contributed by atoms with E-state index in [1.807, 2.05) is 19.1 Å². The maximum absolute atomic E-state index is 12.5. The van der Waals surface area contributed by atoms with Crippen molar-refractivity contribution in [3.63, 3.8) is 0 Å². The number of nitrogens with one attached hydrogen (secondary N) is 2. The molecule has 4 nitrogen and oxygen atoms in total. The van der Waals surface area contributed by atoms with Gasteiger partial charge in [0.2, 0.25) is 0 Å². The number of aryl methyl sites for hydroxylation is 1. The number of benzene rings is 2. The van der Waals surface area contributed by atoms with E-state index in [0.29, 0.717) is 11.4 Å². The normalized spacial score (nSPS) is 11.2. The number of sulfonamides is 1. The minimum absolute atomic E-state index is 0.224. The van der Waals surface area contributed by atoms with E-state index in [-0.39, 0.29) is 4.90 Å². The van der Waals surface area contributed by atoms with E-state index < -0.39 is 10.0 Å². The summed E-state index contributed by atoms with van der Waals surface area (Å²) in [7, 11) is -1.94. The Morgan fingerprint density at radius 2 is 1.75 bits per heavy atom. The van der Waals surface area contributed by atoms with Crippen LogP contribution in [0.5, 0.6) is 0 Å². The van der Waals surface area contributed by atoms with Crippen LogP contribution in [0.15, 0.2) is 51.8 Å². The Morgan fingerprint density at radius 3 is 2.45 bits per heavy atom. The summed E-state index contributed by atoms with van der Waals surface area (Å²) in [5.74, 6) is 0. The molecule has 0 saturated carbocycles. The highest BCUT2D eigenvalue weighted by molar-refractivity contribution is 9.10. The molecule has 0 aromatic heterocycles. The maximum atomic E-state index is 12.5. The zero-order chi connectivity index (χ0) is 14.8. The smallest absolute Gasteiger partial charge is 0.263 e. The summed E-state index contributed by atoms with van der Waals surface area (Å²) in [6.07, 6.45) is 0. The monoisotopic (exact) mass is 354 g/mol. The van der Waals surface area contributed by atoms with Crippen molar-refractivity contribution in [3.05, 3.63) is 52.5 Å². The van der Waals surface area contributed by atoms with E-state index in [9.17, 15) is 8.42 Å². The molecule has 0 aliphatic rings. The van der Waals surface area contributed by atoms with Crippen molar-refractivity contribution in [1.82, 2.24) is 0 Å². The van der Waals surface area contributed by atoms with Crippen LogP contribution in [0.2, 0.25) is 0 Å². The van der Waals surface area contributed by atoms with Gasteiger partial charge in [-0.15, -0.1) is 0 Å². The van der Waals surface area contributed by atoms with E-state index in [4.69, 9.17) is 0 Å². The third-order valence-electron chi connectivity index (χ3n) is 2.89. The fraction of sp³-hybridized carbons (Fsp3) is 0.143. The maximum Gasteiger partial charge on any atom is 0.263 e. The Labute approximate surface area is 127 Å². The molecule has 2 N–H and O–H groups in total. The number of halogens is 1. The molecule has 20 heavy (non-hydrogen) atoms. The van der Waals surface area contributed by atoms with Crippen LogP contribution in [0.3, 0.4) is 0 Å². The van der Waals surface area contributed by atoms with Gasteiger partial charge in [-0.1, -0.05) is 34.1 Å². The second-order valence-electron chi connectivity index (χ2n) is 4.31. The van der Waals surface area contributed by atoms with Crippen molar-refractivity contribution >= 4 is 37.3 Å². The molecule has 0 aliphatic carbocycles. The van der Waals surface area contributed by atoms with Crippen molar-refractivity contribution < 1.29 is 8.42 Å². The first-order valence-electron chi connectivity index (χ1n) is 6.00. The largest absolute Gasteiger partial charge is 0.387 e. The Kier molecular flexibility index (Phi) is 4.35. The second-order valence-corrected chi connectivity index (χ2v) is 6.88. The van der Waals surface area contributed by atoms with E-state index in [0.717, 1.165) is 10.0 Å². The molecule has 0 spiro atoms. The molecule has 2 aromatic carbocycles. The molecule has 0 heterocycles. The molecule has 2 aromatic rings. The van der Waals surface area contributed by atoms with Gasteiger partial charge < -0.3 is 5.32 Å². The number of anilines is 2. The Hall–Kier alpha value is -1.53. The zero-order valence-electron chi connectivity index (χ0n) is 11.1. The Morgan fingerprint density at radius 1 is 1.05 bits per heavy atom. The summed E-state index contributed by atoms with van der Waals surface area (Å²) < 4.78 is 28.4. The minimum atomic E-state index is -3.63. The van der Waals surface area contributed by atoms with Gasteiger partial charge in [-0.05, 0) is 36.8 Å². The van der Waals surface area contributed by atoms with E-state index in [1.54, 1.807) is 37.4 Å². The summed E-state index contributed by atoms with van der Waals surface area (Å²) in [4.78, 5) is 0.224. The van der Waals surface area contributed by atoms with Gasteiger partial charge >= 0.3 is 0 Å². The van der Waals surface area contributed by atoms with Gasteiger partial charge in [0.25, 0.3) is 10.0 Å². The van der Waals surface area contributed by atoms with Gasteiger partial charge in [0.15, 0.2) is 0 Å². The van der Waals surface area contributed by atoms with Crippen LogP contribution in [0, 0.1) is 6.92 Å². The van der Waals surface area contributed by atoms with Crippen molar-refractivity contribution in [3.8, 4) is 0 Å². The van der Waals surface area contributed by atoms with Gasteiger partial charge in [0.05, 0.1) is 11.4 Å². The zero-order valence-corrected chi connectivity index (χ0v) is 13.5. The highest BCUT2D eigenvalue weighted by Crippen LogP contribution is 2.26. The lowest BCUT2D eigenvalue weighted by Gasteiger charge is -2.13. The number of hydrogen-bond acceptors (Lipinski definition) is 3. The molecule has 0 aliphatic heterocycles. The van der Waals surface area contributed by atoms with Crippen LogP contribution >= 0.6 is 15.9 Å². The number of para-hydroxylation sites is 1.